The Kier molecular flexibility index (Phi) is 4.90. The summed E-state index contributed by atoms with van der Waals surface area (Å²) in [7, 11) is 1.40. The van der Waals surface area contributed by atoms with Crippen LogP contribution in [0, 0.1) is 0 Å². The lowest BCUT2D eigenvalue weighted by atomic mass is 10.1. The minimum Gasteiger partial charge on any atom is -0.469 e. The molecule has 19 heavy (non-hydrogen) atoms. The molecule has 0 amide bonds. The molecule has 5 heteroatoms. The minimum absolute atomic E-state index is 0.0154. The maximum atomic E-state index is 11.4. The summed E-state index contributed by atoms with van der Waals surface area (Å²) >= 11 is 0. The predicted octanol–water partition coefficient (Wildman–Crippen LogP) is 1.08. The first kappa shape index (κ1) is 14.0. The van der Waals surface area contributed by atoms with E-state index in [4.69, 9.17) is 15.3 Å². The maximum Gasteiger partial charge on any atom is 0.307 e. The fourth-order valence-corrected chi connectivity index (χ4v) is 2.27. The second kappa shape index (κ2) is 6.65. The Hall–Kier alpha value is -1.43. The Morgan fingerprint density at radius 3 is 2.84 bits per heavy atom. The van der Waals surface area contributed by atoms with Gasteiger partial charge in [-0.2, -0.15) is 5.06 Å². The number of carbonyl (C=O) groups is 1. The number of benzene rings is 1. The average molecular weight is 264 g/mol. The summed E-state index contributed by atoms with van der Waals surface area (Å²) in [6.07, 6.45) is 1.08. The van der Waals surface area contributed by atoms with E-state index in [1.165, 1.54) is 7.11 Å². The molecule has 0 radical (unpaired) electrons. The Balaban J connectivity index is 2.01. The lowest BCUT2D eigenvalue weighted by Crippen LogP contribution is -2.30. The van der Waals surface area contributed by atoms with Crippen LogP contribution in [0.25, 0.3) is 0 Å². The molecule has 0 spiro atoms. The van der Waals surface area contributed by atoms with Gasteiger partial charge in [-0.15, -0.1) is 0 Å². The summed E-state index contributed by atoms with van der Waals surface area (Å²) in [5.74, 6) is -0.218. The molecular formula is C14H20N2O3. The van der Waals surface area contributed by atoms with E-state index >= 15 is 0 Å². The van der Waals surface area contributed by atoms with Crippen molar-refractivity contribution in [2.45, 2.75) is 31.5 Å². The molecule has 2 rings (SSSR count). The van der Waals surface area contributed by atoms with E-state index in [0.717, 1.165) is 12.0 Å². The first-order valence-electron chi connectivity index (χ1n) is 6.47. The number of esters is 1. The summed E-state index contributed by atoms with van der Waals surface area (Å²) < 4.78 is 4.73. The molecule has 0 aliphatic carbocycles. The fourth-order valence-electron chi connectivity index (χ4n) is 2.27. The third kappa shape index (κ3) is 3.76. The lowest BCUT2D eigenvalue weighted by molar-refractivity contribution is -0.173. The van der Waals surface area contributed by atoms with Gasteiger partial charge >= 0.3 is 5.97 Å². The fraction of sp³-hybridized carbons (Fsp3) is 0.500. The highest BCUT2D eigenvalue weighted by Crippen LogP contribution is 2.25. The van der Waals surface area contributed by atoms with Gasteiger partial charge < -0.3 is 10.5 Å². The number of hydrogen-bond donors (Lipinski definition) is 1. The molecule has 5 nitrogen and oxygen atoms in total. The summed E-state index contributed by atoms with van der Waals surface area (Å²) in [5, 5.41) is 1.85. The third-order valence-electron chi connectivity index (χ3n) is 3.30. The Morgan fingerprint density at radius 2 is 2.21 bits per heavy atom. The molecule has 1 aromatic carbocycles. The van der Waals surface area contributed by atoms with E-state index in [2.05, 4.69) is 0 Å². The van der Waals surface area contributed by atoms with Crippen LogP contribution in [0.2, 0.25) is 0 Å². The maximum absolute atomic E-state index is 11.4. The van der Waals surface area contributed by atoms with Crippen molar-refractivity contribution in [3.8, 4) is 0 Å². The Morgan fingerprint density at radius 1 is 1.47 bits per heavy atom. The van der Waals surface area contributed by atoms with Crippen molar-refractivity contribution in [2.24, 2.45) is 5.73 Å². The molecule has 0 aromatic heterocycles. The van der Waals surface area contributed by atoms with Crippen LogP contribution in [0.3, 0.4) is 0 Å². The molecule has 1 aromatic rings. The largest absolute Gasteiger partial charge is 0.469 e. The van der Waals surface area contributed by atoms with Crippen LogP contribution < -0.4 is 5.73 Å². The highest BCUT2D eigenvalue weighted by molar-refractivity contribution is 5.69. The van der Waals surface area contributed by atoms with Crippen LogP contribution in [0.15, 0.2) is 30.3 Å². The monoisotopic (exact) mass is 264 g/mol. The quantitative estimate of drug-likeness (QED) is 0.806. The van der Waals surface area contributed by atoms with E-state index in [0.29, 0.717) is 19.5 Å². The number of hydroxylamine groups is 2. The normalized spacial score (nSPS) is 23.5. The van der Waals surface area contributed by atoms with Gasteiger partial charge in [0.15, 0.2) is 0 Å². The van der Waals surface area contributed by atoms with E-state index in [1.54, 1.807) is 0 Å². The van der Waals surface area contributed by atoms with Gasteiger partial charge in [0.2, 0.25) is 0 Å². The number of carbonyl (C=O) groups excluding carboxylic acids is 1. The smallest absolute Gasteiger partial charge is 0.307 e. The van der Waals surface area contributed by atoms with E-state index < -0.39 is 0 Å². The van der Waals surface area contributed by atoms with Crippen molar-refractivity contribution in [1.82, 2.24) is 5.06 Å². The van der Waals surface area contributed by atoms with E-state index in [9.17, 15) is 4.79 Å². The van der Waals surface area contributed by atoms with Crippen LogP contribution >= 0.6 is 0 Å². The second-order valence-electron chi connectivity index (χ2n) is 4.69. The number of methoxy groups -OCH3 is 1. The summed E-state index contributed by atoms with van der Waals surface area (Å²) in [5.41, 5.74) is 6.80. The highest BCUT2D eigenvalue weighted by atomic mass is 16.7. The van der Waals surface area contributed by atoms with Gasteiger partial charge in [0.1, 0.15) is 0 Å². The van der Waals surface area contributed by atoms with Crippen molar-refractivity contribution in [3.05, 3.63) is 35.9 Å². The zero-order valence-corrected chi connectivity index (χ0v) is 11.1. The van der Waals surface area contributed by atoms with Crippen molar-refractivity contribution in [1.29, 1.82) is 0 Å². The van der Waals surface area contributed by atoms with Crippen LogP contribution in [0.1, 0.15) is 18.4 Å². The number of nitrogens with zero attached hydrogens (tertiary/aromatic N) is 1. The standard InChI is InChI=1S/C14H20N2O3/c1-18-14(17)8-12-7-13(9-15)19-16(12)10-11-5-3-2-4-6-11/h2-6,12-13H,7-10,15H2,1H3/t12-,13-/m1/s1. The highest BCUT2D eigenvalue weighted by Gasteiger charge is 2.34. The van der Waals surface area contributed by atoms with Crippen molar-refractivity contribution in [2.75, 3.05) is 13.7 Å². The number of nitrogens with two attached hydrogens (primary N) is 1. The van der Waals surface area contributed by atoms with Gasteiger partial charge in [-0.05, 0) is 12.0 Å². The molecule has 0 saturated carbocycles. The van der Waals surface area contributed by atoms with Crippen molar-refractivity contribution < 1.29 is 14.4 Å². The van der Waals surface area contributed by atoms with Crippen LogP contribution in [-0.2, 0) is 20.9 Å². The SMILES string of the molecule is COC(=O)C[C@H]1C[C@H](CN)ON1Cc1ccccc1. The number of hydrogen-bond acceptors (Lipinski definition) is 5. The van der Waals surface area contributed by atoms with Crippen molar-refractivity contribution >= 4 is 5.97 Å². The molecule has 1 saturated heterocycles. The third-order valence-corrected chi connectivity index (χ3v) is 3.30. The molecule has 0 unspecified atom stereocenters. The number of rotatable bonds is 5. The van der Waals surface area contributed by atoms with Gasteiger partial charge in [0, 0.05) is 19.1 Å². The van der Waals surface area contributed by atoms with Crippen molar-refractivity contribution in [3.63, 3.8) is 0 Å². The molecule has 1 heterocycles. The Bertz CT molecular complexity index is 410. The minimum atomic E-state index is -0.218. The van der Waals surface area contributed by atoms with Crippen LogP contribution in [0.5, 0.6) is 0 Å². The molecule has 1 aliphatic heterocycles. The van der Waals surface area contributed by atoms with Gasteiger partial charge in [-0.25, -0.2) is 0 Å². The Labute approximate surface area is 113 Å². The molecule has 104 valence electrons. The van der Waals surface area contributed by atoms with Gasteiger partial charge in [0.05, 0.1) is 19.6 Å². The van der Waals surface area contributed by atoms with E-state index in [1.807, 2.05) is 35.4 Å². The van der Waals surface area contributed by atoms with E-state index in [-0.39, 0.29) is 18.1 Å². The van der Waals surface area contributed by atoms with Crippen LogP contribution in [-0.4, -0.2) is 36.8 Å². The van der Waals surface area contributed by atoms with Gasteiger partial charge in [0.25, 0.3) is 0 Å². The molecular weight excluding hydrogens is 244 g/mol. The first-order chi connectivity index (χ1) is 9.22. The van der Waals surface area contributed by atoms with Gasteiger partial charge in [-0.1, -0.05) is 30.3 Å². The van der Waals surface area contributed by atoms with Crippen LogP contribution in [0.4, 0.5) is 0 Å². The summed E-state index contributed by atoms with van der Waals surface area (Å²) in [4.78, 5) is 17.2. The lowest BCUT2D eigenvalue weighted by Gasteiger charge is -2.21. The molecule has 1 fully saturated rings. The zero-order chi connectivity index (χ0) is 13.7. The average Bonchev–Trinajstić information content (AvgIpc) is 2.82. The molecule has 2 atom stereocenters. The molecule has 0 bridgehead atoms. The summed E-state index contributed by atoms with van der Waals surface area (Å²) in [6, 6.07) is 10.1. The van der Waals surface area contributed by atoms with Gasteiger partial charge in [-0.3, -0.25) is 9.63 Å². The summed E-state index contributed by atoms with van der Waals surface area (Å²) in [6.45, 7) is 1.11. The molecule has 2 N–H and O–H groups in total. The predicted molar refractivity (Wildman–Crippen MR) is 71.0 cm³/mol. The first-order valence-corrected chi connectivity index (χ1v) is 6.47. The number of ether oxygens (including phenoxy) is 1. The zero-order valence-electron chi connectivity index (χ0n) is 11.1. The molecule has 1 aliphatic rings. The topological polar surface area (TPSA) is 64.8 Å². The second-order valence-corrected chi connectivity index (χ2v) is 4.69.